The van der Waals surface area contributed by atoms with Crippen LogP contribution in [0, 0.1) is 0 Å². The molecule has 6 nitrogen and oxygen atoms in total. The van der Waals surface area contributed by atoms with Gasteiger partial charge in [0.25, 0.3) is 11.8 Å². The van der Waals surface area contributed by atoms with Gasteiger partial charge in [-0.1, -0.05) is 206 Å². The van der Waals surface area contributed by atoms with Crippen LogP contribution in [0.1, 0.15) is 20.7 Å². The van der Waals surface area contributed by atoms with Crippen LogP contribution in [0.25, 0.3) is 32.7 Å². The molecule has 0 fully saturated rings. The molecule has 318 valence electrons. The van der Waals surface area contributed by atoms with Crippen LogP contribution in [0.15, 0.2) is 243 Å². The molecule has 10 rings (SSSR count). The molecule has 10 aromatic rings. The van der Waals surface area contributed by atoms with E-state index in [4.69, 9.17) is 9.05 Å². The number of amides is 2. The minimum atomic E-state index is -1.58. The lowest BCUT2D eigenvalue weighted by Crippen LogP contribution is -2.20. The zero-order valence-electron chi connectivity index (χ0n) is 35.6. The quantitative estimate of drug-likeness (QED) is 0.113. The molecule has 10 aromatic carbocycles. The third-order valence-corrected chi connectivity index (χ3v) is 14.9. The van der Waals surface area contributed by atoms with Crippen molar-refractivity contribution in [1.29, 1.82) is 0 Å². The highest BCUT2D eigenvalue weighted by atomic mass is 31.1. The van der Waals surface area contributed by atoms with Gasteiger partial charge in [0.2, 0.25) is 0 Å². The maximum atomic E-state index is 15.1. The molecule has 0 bridgehead atoms. The minimum Gasteiger partial charge on any atom is -0.463 e. The van der Waals surface area contributed by atoms with E-state index >= 15 is 9.59 Å². The van der Waals surface area contributed by atoms with E-state index in [0.29, 0.717) is 45.1 Å². The molecule has 2 amide bonds. The summed E-state index contributed by atoms with van der Waals surface area (Å²) in [5, 5.41) is 13.4. The SMILES string of the molecule is O=C(Nc1ccccc1)c1cc2ccccc2c(-c2c(OP(c3ccccc3)c3ccccc3)c(C(=O)Nc3ccccc3)cc3ccccc23)c1OP(c1ccccc1)c1ccccc1. The van der Waals surface area contributed by atoms with Gasteiger partial charge in [0.15, 0.2) is 16.3 Å². The van der Waals surface area contributed by atoms with Crippen LogP contribution < -0.4 is 40.9 Å². The van der Waals surface area contributed by atoms with Crippen molar-refractivity contribution in [2.45, 2.75) is 0 Å². The zero-order chi connectivity index (χ0) is 44.7. The molecule has 0 unspecified atom stereocenters. The Morgan fingerprint density at radius 1 is 0.333 bits per heavy atom. The average molecular weight is 893 g/mol. The van der Waals surface area contributed by atoms with Crippen molar-refractivity contribution in [1.82, 2.24) is 0 Å². The van der Waals surface area contributed by atoms with E-state index in [1.807, 2.05) is 182 Å². The number of carbonyl (C=O) groups excluding carboxylic acids is 2. The molecule has 2 N–H and O–H groups in total. The molecule has 8 heteroatoms. The molecule has 0 saturated carbocycles. The number of nitrogens with one attached hydrogen (secondary N) is 2. The number of benzene rings is 10. The largest absolute Gasteiger partial charge is 0.463 e. The van der Waals surface area contributed by atoms with Gasteiger partial charge in [-0.2, -0.15) is 0 Å². The second-order valence-electron chi connectivity index (χ2n) is 15.5. The first-order valence-corrected chi connectivity index (χ1v) is 24.1. The van der Waals surface area contributed by atoms with Crippen molar-refractivity contribution >= 4 is 82.2 Å². The Hall–Kier alpha value is -7.88. The number of hydrogen-bond acceptors (Lipinski definition) is 4. The molecule has 66 heavy (non-hydrogen) atoms. The van der Waals surface area contributed by atoms with Gasteiger partial charge in [-0.25, -0.2) is 0 Å². The van der Waals surface area contributed by atoms with Gasteiger partial charge in [-0.15, -0.1) is 0 Å². The second kappa shape index (κ2) is 19.5. The summed E-state index contributed by atoms with van der Waals surface area (Å²) < 4.78 is 15.2. The summed E-state index contributed by atoms with van der Waals surface area (Å²) in [4.78, 5) is 30.2. The molecular formula is C58H42N2O4P2. The van der Waals surface area contributed by atoms with E-state index in [1.54, 1.807) is 0 Å². The van der Waals surface area contributed by atoms with E-state index in [0.717, 1.165) is 42.8 Å². The molecule has 0 spiro atoms. The summed E-state index contributed by atoms with van der Waals surface area (Å²) in [5.41, 5.74) is 3.19. The molecule has 0 aliphatic rings. The zero-order valence-corrected chi connectivity index (χ0v) is 37.4. The highest BCUT2D eigenvalue weighted by molar-refractivity contribution is 7.69. The molecule has 0 aliphatic carbocycles. The summed E-state index contributed by atoms with van der Waals surface area (Å²) in [6.07, 6.45) is 0. The molecule has 0 aromatic heterocycles. The molecule has 0 atom stereocenters. The van der Waals surface area contributed by atoms with Crippen molar-refractivity contribution in [3.63, 3.8) is 0 Å². The summed E-state index contributed by atoms with van der Waals surface area (Å²) in [5.74, 6) is 0.0281. The Balaban J connectivity index is 1.32. The van der Waals surface area contributed by atoms with Crippen LogP contribution in [0.5, 0.6) is 11.5 Å². The Labute approximate surface area is 386 Å². The van der Waals surface area contributed by atoms with Crippen LogP contribution in [0.2, 0.25) is 0 Å². The lowest BCUT2D eigenvalue weighted by molar-refractivity contribution is 0.101. The monoisotopic (exact) mass is 892 g/mol. The highest BCUT2D eigenvalue weighted by Gasteiger charge is 2.32. The van der Waals surface area contributed by atoms with Crippen molar-refractivity contribution in [2.75, 3.05) is 10.6 Å². The number of rotatable bonds is 13. The Kier molecular flexibility index (Phi) is 12.4. The maximum absolute atomic E-state index is 15.1. The Morgan fingerprint density at radius 3 is 0.924 bits per heavy atom. The van der Waals surface area contributed by atoms with Crippen LogP contribution in [0.4, 0.5) is 11.4 Å². The van der Waals surface area contributed by atoms with Gasteiger partial charge >= 0.3 is 0 Å². The van der Waals surface area contributed by atoms with Gasteiger partial charge in [-0.05, 0) is 57.9 Å². The predicted molar refractivity (Wildman–Crippen MR) is 275 cm³/mol. The first kappa shape index (κ1) is 42.1. The summed E-state index contributed by atoms with van der Waals surface area (Å²) >= 11 is 0. The van der Waals surface area contributed by atoms with Crippen LogP contribution >= 0.6 is 16.3 Å². The number of carbonyl (C=O) groups is 2. The lowest BCUT2D eigenvalue weighted by Gasteiger charge is -2.28. The van der Waals surface area contributed by atoms with E-state index in [-0.39, 0.29) is 11.8 Å². The number of para-hydroxylation sites is 2. The first-order valence-electron chi connectivity index (χ1n) is 21.6. The van der Waals surface area contributed by atoms with Crippen molar-refractivity contribution in [3.8, 4) is 22.6 Å². The summed E-state index contributed by atoms with van der Waals surface area (Å²) in [6.45, 7) is 0. The molecule has 0 heterocycles. The summed E-state index contributed by atoms with van der Waals surface area (Å²) in [7, 11) is -3.16. The fraction of sp³-hybridized carbons (Fsp3) is 0. The highest BCUT2D eigenvalue weighted by Crippen LogP contribution is 2.54. The van der Waals surface area contributed by atoms with Crippen molar-refractivity contribution in [3.05, 3.63) is 254 Å². The predicted octanol–water partition coefficient (Wildman–Crippen LogP) is 13.0. The minimum absolute atomic E-state index is 0.328. The third-order valence-electron chi connectivity index (χ3n) is 11.1. The second-order valence-corrected chi connectivity index (χ2v) is 19.1. The maximum Gasteiger partial charge on any atom is 0.259 e. The average Bonchev–Trinajstić information content (AvgIpc) is 3.38. The van der Waals surface area contributed by atoms with Crippen molar-refractivity contribution < 1.29 is 18.6 Å². The van der Waals surface area contributed by atoms with E-state index in [2.05, 4.69) is 71.3 Å². The fourth-order valence-corrected chi connectivity index (χ4v) is 11.6. The number of fused-ring (bicyclic) bond motifs is 2. The topological polar surface area (TPSA) is 76.7 Å². The van der Waals surface area contributed by atoms with Gasteiger partial charge in [-0.3, -0.25) is 9.59 Å². The molecular weight excluding hydrogens is 851 g/mol. The number of anilines is 2. The normalized spacial score (nSPS) is 11.1. The molecule has 0 aliphatic heterocycles. The number of hydrogen-bond donors (Lipinski definition) is 2. The Bertz CT molecular complexity index is 2990. The first-order chi connectivity index (χ1) is 32.6. The van der Waals surface area contributed by atoms with Crippen LogP contribution in [-0.2, 0) is 0 Å². The van der Waals surface area contributed by atoms with Gasteiger partial charge in [0.05, 0.1) is 11.1 Å². The standard InChI is InChI=1S/C58H42N2O4P2/c61-57(59-43-25-7-1-8-26-43)51-39-41-23-19-21-37-49(41)53(55(51)63-65(45-29-11-3-12-30-45)46-31-13-4-14-32-46)54-50-38-22-20-24-42(50)40-52(58(62)60-44-27-9-2-10-28-44)56(54)64-66(47-33-15-5-16-34-47)48-35-17-6-18-36-48/h1-40H,(H,59,61)(H,60,62). The third kappa shape index (κ3) is 8.94. The van der Waals surface area contributed by atoms with Crippen LogP contribution in [-0.4, -0.2) is 11.8 Å². The van der Waals surface area contributed by atoms with E-state index in [9.17, 15) is 0 Å². The van der Waals surface area contributed by atoms with Gasteiger partial charge < -0.3 is 19.7 Å². The van der Waals surface area contributed by atoms with Crippen LogP contribution in [0.3, 0.4) is 0 Å². The summed E-state index contributed by atoms with van der Waals surface area (Å²) in [6, 6.07) is 79.2. The Morgan fingerprint density at radius 2 is 0.606 bits per heavy atom. The van der Waals surface area contributed by atoms with E-state index < -0.39 is 16.3 Å². The molecule has 0 radical (unpaired) electrons. The van der Waals surface area contributed by atoms with Gasteiger partial charge in [0.1, 0.15) is 11.5 Å². The fourth-order valence-electron chi connectivity index (χ4n) is 8.07. The van der Waals surface area contributed by atoms with Gasteiger partial charge in [0, 0.05) is 43.7 Å². The smallest absolute Gasteiger partial charge is 0.259 e. The van der Waals surface area contributed by atoms with Crippen molar-refractivity contribution in [2.24, 2.45) is 0 Å². The molecule has 0 saturated heterocycles. The lowest BCUT2D eigenvalue weighted by atomic mass is 9.88. The van der Waals surface area contributed by atoms with E-state index in [1.165, 1.54) is 0 Å².